The molecule has 12 heteroatoms. The van der Waals surface area contributed by atoms with Crippen molar-refractivity contribution in [3.05, 3.63) is 29.3 Å². The van der Waals surface area contributed by atoms with Crippen LogP contribution < -0.4 is 9.50 Å². The zero-order valence-corrected chi connectivity index (χ0v) is 15.7. The third-order valence-electron chi connectivity index (χ3n) is 4.05. The molecule has 1 aliphatic rings. The van der Waals surface area contributed by atoms with Crippen molar-refractivity contribution in [3.8, 4) is 5.75 Å². The Kier molecular flexibility index (Phi) is 6.88. The Hall–Kier alpha value is -2.34. The van der Waals surface area contributed by atoms with E-state index >= 15 is 0 Å². The zero-order chi connectivity index (χ0) is 20.9. The van der Waals surface area contributed by atoms with Crippen LogP contribution in [0.1, 0.15) is 33.6 Å². The molecule has 1 saturated heterocycles. The smallest absolute Gasteiger partial charge is 0.465 e. The number of para-hydroxylation sites is 1. The molecule has 1 aromatic carbocycles. The summed E-state index contributed by atoms with van der Waals surface area (Å²) in [6, 6.07) is 3.25. The number of esters is 1. The van der Waals surface area contributed by atoms with Crippen molar-refractivity contribution < 1.29 is 40.1 Å². The highest BCUT2D eigenvalue weighted by Gasteiger charge is 2.49. The van der Waals surface area contributed by atoms with E-state index in [1.807, 2.05) is 0 Å². The summed E-state index contributed by atoms with van der Waals surface area (Å²) < 4.78 is 69.5. The summed E-state index contributed by atoms with van der Waals surface area (Å²) in [5.74, 6) is -3.07. The van der Waals surface area contributed by atoms with E-state index in [0.29, 0.717) is 6.54 Å². The zero-order valence-electron chi connectivity index (χ0n) is 14.9. The lowest BCUT2D eigenvalue weighted by molar-refractivity contribution is -0.0500. The lowest BCUT2D eigenvalue weighted by Gasteiger charge is -2.17. The third-order valence-corrected chi connectivity index (χ3v) is 5.01. The molecule has 0 spiro atoms. The number of nitrogens with zero attached hydrogens (tertiary/aromatic N) is 1. The van der Waals surface area contributed by atoms with Crippen molar-refractivity contribution in [1.82, 2.24) is 10.2 Å². The van der Waals surface area contributed by atoms with Gasteiger partial charge in [0.25, 0.3) is 5.91 Å². The van der Waals surface area contributed by atoms with Crippen molar-refractivity contribution in [2.75, 3.05) is 33.3 Å². The monoisotopic (exact) mass is 424 g/mol. The van der Waals surface area contributed by atoms with Crippen molar-refractivity contribution >= 4 is 22.0 Å². The number of hydrogen-bond acceptors (Lipinski definition) is 7. The average molecular weight is 424 g/mol. The minimum absolute atomic E-state index is 0.187. The maximum absolute atomic E-state index is 12.7. The first-order chi connectivity index (χ1) is 13.1. The number of ether oxygens (including phenoxy) is 1. The number of amides is 1. The van der Waals surface area contributed by atoms with Gasteiger partial charge in [-0.3, -0.25) is 4.79 Å². The first kappa shape index (κ1) is 22.0. The maximum Gasteiger partial charge on any atom is 0.534 e. The Bertz CT molecular complexity index is 835. The standard InChI is InChI=1S/C16H19F3N2O6S/c1-26-15(23)12-6-4-5-11(13(12)27-28(24,25)16(17,18)19)14(22)20-7-10-21-8-2-3-9-21/h4-6H,2-3,7-10H2,1H3,(H,20,22). The van der Waals surface area contributed by atoms with E-state index in [1.165, 1.54) is 6.07 Å². The van der Waals surface area contributed by atoms with E-state index in [2.05, 4.69) is 19.1 Å². The fraction of sp³-hybridized carbons (Fsp3) is 0.500. The fourth-order valence-electron chi connectivity index (χ4n) is 2.66. The number of likely N-dealkylation sites (tertiary alicyclic amines) is 1. The molecule has 1 fully saturated rings. The van der Waals surface area contributed by atoms with Gasteiger partial charge in [0, 0.05) is 13.1 Å². The highest BCUT2D eigenvalue weighted by molar-refractivity contribution is 7.88. The first-order valence-electron chi connectivity index (χ1n) is 8.29. The van der Waals surface area contributed by atoms with E-state index < -0.39 is 44.4 Å². The van der Waals surface area contributed by atoms with Gasteiger partial charge in [0.15, 0.2) is 5.75 Å². The molecule has 0 radical (unpaired) electrons. The normalized spacial score (nSPS) is 15.3. The first-order valence-corrected chi connectivity index (χ1v) is 9.70. The molecule has 0 bridgehead atoms. The van der Waals surface area contributed by atoms with E-state index in [-0.39, 0.29) is 6.54 Å². The molecule has 0 saturated carbocycles. The lowest BCUT2D eigenvalue weighted by atomic mass is 10.1. The summed E-state index contributed by atoms with van der Waals surface area (Å²) in [6.45, 7) is 2.48. The number of hydrogen-bond donors (Lipinski definition) is 1. The van der Waals surface area contributed by atoms with Gasteiger partial charge in [0.05, 0.1) is 12.7 Å². The van der Waals surface area contributed by atoms with Gasteiger partial charge in [0.1, 0.15) is 5.56 Å². The number of rotatable bonds is 7. The Morgan fingerprint density at radius 3 is 2.36 bits per heavy atom. The number of carbonyl (C=O) groups is 2. The molecule has 1 N–H and O–H groups in total. The predicted octanol–water partition coefficient (Wildman–Crippen LogP) is 1.53. The number of halogens is 3. The molecule has 28 heavy (non-hydrogen) atoms. The quantitative estimate of drug-likeness (QED) is 0.402. The van der Waals surface area contributed by atoms with Crippen LogP contribution in [0, 0.1) is 0 Å². The Morgan fingerprint density at radius 1 is 1.18 bits per heavy atom. The van der Waals surface area contributed by atoms with Gasteiger partial charge in [-0.05, 0) is 38.1 Å². The number of methoxy groups -OCH3 is 1. The van der Waals surface area contributed by atoms with Gasteiger partial charge < -0.3 is 19.1 Å². The highest BCUT2D eigenvalue weighted by atomic mass is 32.2. The molecule has 1 heterocycles. The Balaban J connectivity index is 2.29. The lowest BCUT2D eigenvalue weighted by Crippen LogP contribution is -2.34. The van der Waals surface area contributed by atoms with Crippen molar-refractivity contribution in [2.24, 2.45) is 0 Å². The molecule has 1 amide bonds. The molecule has 0 unspecified atom stereocenters. The van der Waals surface area contributed by atoms with Crippen LogP contribution in [0.15, 0.2) is 18.2 Å². The maximum atomic E-state index is 12.7. The molecule has 0 aliphatic carbocycles. The number of benzene rings is 1. The van der Waals surface area contributed by atoms with Crippen LogP contribution in [0.2, 0.25) is 0 Å². The molecule has 1 aliphatic heterocycles. The number of carbonyl (C=O) groups excluding carboxylic acids is 2. The van der Waals surface area contributed by atoms with Crippen molar-refractivity contribution in [3.63, 3.8) is 0 Å². The molecule has 8 nitrogen and oxygen atoms in total. The largest absolute Gasteiger partial charge is 0.534 e. The van der Waals surface area contributed by atoms with E-state index in [0.717, 1.165) is 45.2 Å². The summed E-state index contributed by atoms with van der Waals surface area (Å²) >= 11 is 0. The van der Waals surface area contributed by atoms with Crippen LogP contribution >= 0.6 is 0 Å². The predicted molar refractivity (Wildman–Crippen MR) is 91.4 cm³/mol. The molecule has 1 aromatic rings. The Labute approximate surface area is 159 Å². The van der Waals surface area contributed by atoms with Crippen molar-refractivity contribution in [2.45, 2.75) is 18.3 Å². The van der Waals surface area contributed by atoms with Gasteiger partial charge in [-0.15, -0.1) is 0 Å². The minimum Gasteiger partial charge on any atom is -0.465 e. The van der Waals surface area contributed by atoms with Gasteiger partial charge in [-0.25, -0.2) is 4.79 Å². The van der Waals surface area contributed by atoms with Gasteiger partial charge >= 0.3 is 21.6 Å². The second-order valence-electron chi connectivity index (χ2n) is 5.96. The number of alkyl halides is 3. The van der Waals surface area contributed by atoms with Crippen LogP contribution in [-0.2, 0) is 14.9 Å². The molecule has 156 valence electrons. The van der Waals surface area contributed by atoms with Crippen LogP contribution in [0.5, 0.6) is 5.75 Å². The molecule has 2 rings (SSSR count). The van der Waals surface area contributed by atoms with E-state index in [1.54, 1.807) is 0 Å². The minimum atomic E-state index is -6.10. The topological polar surface area (TPSA) is 102 Å². The van der Waals surface area contributed by atoms with Crippen molar-refractivity contribution in [1.29, 1.82) is 0 Å². The molecular formula is C16H19F3N2O6S. The van der Waals surface area contributed by atoms with Crippen LogP contribution in [0.4, 0.5) is 13.2 Å². The molecule has 0 atom stereocenters. The van der Waals surface area contributed by atoms with E-state index in [9.17, 15) is 31.2 Å². The van der Waals surface area contributed by atoms with Crippen LogP contribution in [0.3, 0.4) is 0 Å². The van der Waals surface area contributed by atoms with Crippen LogP contribution in [0.25, 0.3) is 0 Å². The summed E-state index contributed by atoms with van der Waals surface area (Å²) in [5, 5.41) is 2.49. The Morgan fingerprint density at radius 2 is 1.79 bits per heavy atom. The van der Waals surface area contributed by atoms with Gasteiger partial charge in [0.2, 0.25) is 0 Å². The fourth-order valence-corrected chi connectivity index (χ4v) is 3.16. The van der Waals surface area contributed by atoms with E-state index in [4.69, 9.17) is 0 Å². The van der Waals surface area contributed by atoms with Crippen LogP contribution in [-0.4, -0.2) is 64.0 Å². The highest BCUT2D eigenvalue weighted by Crippen LogP contribution is 2.32. The molecule has 0 aromatic heterocycles. The second kappa shape index (κ2) is 8.78. The second-order valence-corrected chi connectivity index (χ2v) is 7.50. The van der Waals surface area contributed by atoms with Gasteiger partial charge in [-0.2, -0.15) is 21.6 Å². The summed E-state index contributed by atoms with van der Waals surface area (Å²) in [4.78, 5) is 26.3. The number of nitrogens with one attached hydrogen (secondary N) is 1. The summed E-state index contributed by atoms with van der Waals surface area (Å²) in [5.41, 5.74) is -6.89. The molecular weight excluding hydrogens is 405 g/mol. The SMILES string of the molecule is COC(=O)c1cccc(C(=O)NCCN2CCCC2)c1OS(=O)(=O)C(F)(F)F. The average Bonchev–Trinajstić information content (AvgIpc) is 3.13. The third kappa shape index (κ3) is 5.13. The summed E-state index contributed by atoms with van der Waals surface area (Å²) in [7, 11) is -5.15. The summed E-state index contributed by atoms with van der Waals surface area (Å²) in [6.07, 6.45) is 2.09. The van der Waals surface area contributed by atoms with Gasteiger partial charge in [-0.1, -0.05) is 6.07 Å².